The highest BCUT2D eigenvalue weighted by atomic mass is 19.1. The number of pyridine rings is 1. The standard InChI is InChI=1S/C14H21FN2O/c1-2-5-17-14(11-4-3-6-18-10-11)12-7-13(15)9-16-8-12/h7-9,11,14,17H,2-6,10H2,1H3. The van der Waals surface area contributed by atoms with Crippen molar-refractivity contribution in [3.05, 3.63) is 29.8 Å². The zero-order chi connectivity index (χ0) is 12.8. The Morgan fingerprint density at radius 3 is 3.11 bits per heavy atom. The average Bonchev–Trinajstić information content (AvgIpc) is 2.40. The van der Waals surface area contributed by atoms with E-state index >= 15 is 0 Å². The van der Waals surface area contributed by atoms with Crippen molar-refractivity contribution in [3.8, 4) is 0 Å². The molecule has 100 valence electrons. The van der Waals surface area contributed by atoms with Crippen LogP contribution in [0.2, 0.25) is 0 Å². The number of nitrogens with zero attached hydrogens (tertiary/aromatic N) is 1. The third-order valence-corrected chi connectivity index (χ3v) is 3.37. The molecule has 0 spiro atoms. The molecule has 0 amide bonds. The van der Waals surface area contributed by atoms with Crippen molar-refractivity contribution in [2.24, 2.45) is 5.92 Å². The molecule has 2 atom stereocenters. The van der Waals surface area contributed by atoms with Crippen LogP contribution in [-0.4, -0.2) is 24.7 Å². The fourth-order valence-corrected chi connectivity index (χ4v) is 2.48. The molecule has 0 saturated carbocycles. The van der Waals surface area contributed by atoms with Crippen LogP contribution in [0.3, 0.4) is 0 Å². The van der Waals surface area contributed by atoms with Gasteiger partial charge in [-0.2, -0.15) is 0 Å². The molecule has 3 nitrogen and oxygen atoms in total. The van der Waals surface area contributed by atoms with E-state index < -0.39 is 0 Å². The second kappa shape index (κ2) is 6.81. The van der Waals surface area contributed by atoms with Gasteiger partial charge in [-0.05, 0) is 37.4 Å². The number of aromatic nitrogens is 1. The summed E-state index contributed by atoms with van der Waals surface area (Å²) in [5.74, 6) is 0.140. The third kappa shape index (κ3) is 3.50. The first-order chi connectivity index (χ1) is 8.81. The van der Waals surface area contributed by atoms with E-state index in [0.717, 1.165) is 44.6 Å². The van der Waals surface area contributed by atoms with Crippen LogP contribution in [0.5, 0.6) is 0 Å². The highest BCUT2D eigenvalue weighted by Gasteiger charge is 2.25. The minimum atomic E-state index is -0.271. The fourth-order valence-electron chi connectivity index (χ4n) is 2.48. The van der Waals surface area contributed by atoms with E-state index in [4.69, 9.17) is 4.74 Å². The summed E-state index contributed by atoms with van der Waals surface area (Å²) in [5.41, 5.74) is 0.930. The van der Waals surface area contributed by atoms with Crippen LogP contribution < -0.4 is 5.32 Å². The summed E-state index contributed by atoms with van der Waals surface area (Å²) >= 11 is 0. The highest BCUT2D eigenvalue weighted by molar-refractivity contribution is 5.16. The molecule has 4 heteroatoms. The molecule has 1 aromatic rings. The lowest BCUT2D eigenvalue weighted by atomic mass is 9.89. The van der Waals surface area contributed by atoms with Gasteiger partial charge in [0.05, 0.1) is 12.8 Å². The van der Waals surface area contributed by atoms with E-state index in [9.17, 15) is 4.39 Å². The Morgan fingerprint density at radius 1 is 1.56 bits per heavy atom. The summed E-state index contributed by atoms with van der Waals surface area (Å²) in [6, 6.07) is 1.73. The number of rotatable bonds is 5. The molecule has 1 N–H and O–H groups in total. The van der Waals surface area contributed by atoms with Gasteiger partial charge in [-0.15, -0.1) is 0 Å². The topological polar surface area (TPSA) is 34.2 Å². The molecule has 0 bridgehead atoms. The molecule has 18 heavy (non-hydrogen) atoms. The van der Waals surface area contributed by atoms with Gasteiger partial charge in [0, 0.05) is 24.8 Å². The summed E-state index contributed by atoms with van der Waals surface area (Å²) in [6.45, 7) is 4.65. The normalized spacial score (nSPS) is 21.8. The van der Waals surface area contributed by atoms with Crippen LogP contribution in [0.25, 0.3) is 0 Å². The lowest BCUT2D eigenvalue weighted by Gasteiger charge is -2.31. The zero-order valence-electron chi connectivity index (χ0n) is 10.9. The Labute approximate surface area is 108 Å². The first kappa shape index (κ1) is 13.4. The molecule has 0 aliphatic carbocycles. The second-order valence-electron chi connectivity index (χ2n) is 4.85. The fraction of sp³-hybridized carbons (Fsp3) is 0.643. The highest BCUT2D eigenvalue weighted by Crippen LogP contribution is 2.28. The molecular formula is C14H21FN2O. The first-order valence-corrected chi connectivity index (χ1v) is 6.73. The summed E-state index contributed by atoms with van der Waals surface area (Å²) in [5, 5.41) is 3.50. The molecule has 2 unspecified atom stereocenters. The molecular weight excluding hydrogens is 231 g/mol. The molecule has 1 aromatic heterocycles. The molecule has 1 saturated heterocycles. The number of hydrogen-bond acceptors (Lipinski definition) is 3. The first-order valence-electron chi connectivity index (χ1n) is 6.73. The summed E-state index contributed by atoms with van der Waals surface area (Å²) < 4.78 is 18.8. The minimum Gasteiger partial charge on any atom is -0.381 e. The molecule has 1 fully saturated rings. The van der Waals surface area contributed by atoms with Crippen molar-refractivity contribution >= 4 is 0 Å². The lowest BCUT2D eigenvalue weighted by molar-refractivity contribution is 0.0389. The van der Waals surface area contributed by atoms with Gasteiger partial charge >= 0.3 is 0 Å². The van der Waals surface area contributed by atoms with Gasteiger partial charge in [0.15, 0.2) is 0 Å². The van der Waals surface area contributed by atoms with Crippen LogP contribution in [-0.2, 0) is 4.74 Å². The largest absolute Gasteiger partial charge is 0.381 e. The Balaban J connectivity index is 2.12. The molecule has 0 radical (unpaired) electrons. The Hall–Kier alpha value is -1.00. The summed E-state index contributed by atoms with van der Waals surface area (Å²) in [4.78, 5) is 3.95. The third-order valence-electron chi connectivity index (χ3n) is 3.37. The van der Waals surface area contributed by atoms with Gasteiger partial charge in [-0.25, -0.2) is 4.39 Å². The molecule has 2 heterocycles. The predicted molar refractivity (Wildman–Crippen MR) is 68.8 cm³/mol. The van der Waals surface area contributed by atoms with E-state index in [1.165, 1.54) is 6.20 Å². The predicted octanol–water partition coefficient (Wildman–Crippen LogP) is 2.69. The van der Waals surface area contributed by atoms with Crippen LogP contribution in [0.1, 0.15) is 37.8 Å². The SMILES string of the molecule is CCCNC(c1cncc(F)c1)C1CCCOC1. The Morgan fingerprint density at radius 2 is 2.44 bits per heavy atom. The smallest absolute Gasteiger partial charge is 0.141 e. The zero-order valence-corrected chi connectivity index (χ0v) is 10.9. The van der Waals surface area contributed by atoms with Gasteiger partial charge in [0.25, 0.3) is 0 Å². The van der Waals surface area contributed by atoms with Crippen LogP contribution >= 0.6 is 0 Å². The van der Waals surface area contributed by atoms with E-state index in [2.05, 4.69) is 17.2 Å². The number of nitrogens with one attached hydrogen (secondary N) is 1. The van der Waals surface area contributed by atoms with Gasteiger partial charge in [-0.1, -0.05) is 6.92 Å². The Kier molecular flexibility index (Phi) is 5.08. The summed E-state index contributed by atoms with van der Waals surface area (Å²) in [6.07, 6.45) is 6.27. The van der Waals surface area contributed by atoms with Crippen molar-refractivity contribution in [2.75, 3.05) is 19.8 Å². The lowest BCUT2D eigenvalue weighted by Crippen LogP contribution is -2.34. The number of halogens is 1. The van der Waals surface area contributed by atoms with Gasteiger partial charge in [0.1, 0.15) is 5.82 Å². The average molecular weight is 252 g/mol. The van der Waals surface area contributed by atoms with E-state index in [-0.39, 0.29) is 11.9 Å². The molecule has 1 aliphatic heterocycles. The van der Waals surface area contributed by atoms with Gasteiger partial charge in [-0.3, -0.25) is 4.98 Å². The maximum Gasteiger partial charge on any atom is 0.141 e. The van der Waals surface area contributed by atoms with Gasteiger partial charge in [0.2, 0.25) is 0 Å². The minimum absolute atomic E-state index is 0.147. The molecule has 2 rings (SSSR count). The van der Waals surface area contributed by atoms with E-state index in [1.807, 2.05) is 0 Å². The van der Waals surface area contributed by atoms with Crippen molar-refractivity contribution in [1.82, 2.24) is 10.3 Å². The Bertz CT molecular complexity index is 367. The molecule has 0 aromatic carbocycles. The molecule has 1 aliphatic rings. The van der Waals surface area contributed by atoms with Crippen LogP contribution in [0.4, 0.5) is 4.39 Å². The quantitative estimate of drug-likeness (QED) is 0.875. The van der Waals surface area contributed by atoms with Crippen LogP contribution in [0, 0.1) is 11.7 Å². The van der Waals surface area contributed by atoms with Crippen LogP contribution in [0.15, 0.2) is 18.5 Å². The maximum absolute atomic E-state index is 13.3. The van der Waals surface area contributed by atoms with Crippen molar-refractivity contribution in [1.29, 1.82) is 0 Å². The van der Waals surface area contributed by atoms with Crippen molar-refractivity contribution in [2.45, 2.75) is 32.2 Å². The monoisotopic (exact) mass is 252 g/mol. The van der Waals surface area contributed by atoms with E-state index in [1.54, 1.807) is 12.3 Å². The summed E-state index contributed by atoms with van der Waals surface area (Å²) in [7, 11) is 0. The van der Waals surface area contributed by atoms with Gasteiger partial charge < -0.3 is 10.1 Å². The maximum atomic E-state index is 13.3. The number of hydrogen-bond donors (Lipinski definition) is 1. The number of ether oxygens (including phenoxy) is 1. The van der Waals surface area contributed by atoms with Crippen molar-refractivity contribution in [3.63, 3.8) is 0 Å². The second-order valence-corrected chi connectivity index (χ2v) is 4.85. The van der Waals surface area contributed by atoms with E-state index in [0.29, 0.717) is 5.92 Å². The van der Waals surface area contributed by atoms with Crippen molar-refractivity contribution < 1.29 is 9.13 Å².